The minimum atomic E-state index is -1.06. The number of aromatic carboxylic acids is 2. The molecule has 0 bridgehead atoms. The molecule has 0 spiro atoms. The van der Waals surface area contributed by atoms with Crippen molar-refractivity contribution in [3.63, 3.8) is 0 Å². The van der Waals surface area contributed by atoms with Crippen molar-refractivity contribution >= 4 is 33.4 Å². The second kappa shape index (κ2) is 3.36. The van der Waals surface area contributed by atoms with E-state index in [1.165, 1.54) is 28.8 Å². The van der Waals surface area contributed by atoms with Gasteiger partial charge in [-0.25, -0.2) is 9.59 Å². The first-order chi connectivity index (χ1) is 7.09. The van der Waals surface area contributed by atoms with E-state index in [0.29, 0.717) is 5.39 Å². The number of rotatable bonds is 2. The highest BCUT2D eigenvalue weighted by Crippen LogP contribution is 2.26. The van der Waals surface area contributed by atoms with Gasteiger partial charge in [0.15, 0.2) is 0 Å². The van der Waals surface area contributed by atoms with Crippen molar-refractivity contribution in [1.82, 2.24) is 0 Å². The number of carboxylic acids is 2. The Balaban J connectivity index is 2.72. The monoisotopic (exact) mass is 222 g/mol. The molecule has 5 heteroatoms. The van der Waals surface area contributed by atoms with Crippen molar-refractivity contribution in [1.29, 1.82) is 0 Å². The van der Waals surface area contributed by atoms with Crippen LogP contribution in [0.25, 0.3) is 10.1 Å². The first-order valence-corrected chi connectivity index (χ1v) is 4.95. The lowest BCUT2D eigenvalue weighted by Crippen LogP contribution is -1.97. The summed E-state index contributed by atoms with van der Waals surface area (Å²) in [6.45, 7) is 0. The molecule has 4 nitrogen and oxygen atoms in total. The molecular weight excluding hydrogens is 216 g/mol. The lowest BCUT2D eigenvalue weighted by atomic mass is 10.1. The van der Waals surface area contributed by atoms with Gasteiger partial charge in [-0.3, -0.25) is 0 Å². The highest BCUT2D eigenvalue weighted by Gasteiger charge is 2.12. The van der Waals surface area contributed by atoms with Crippen LogP contribution in [0.5, 0.6) is 0 Å². The predicted octanol–water partition coefficient (Wildman–Crippen LogP) is 2.30. The van der Waals surface area contributed by atoms with Gasteiger partial charge in [-0.1, -0.05) is 0 Å². The molecule has 2 N–H and O–H groups in total. The van der Waals surface area contributed by atoms with Gasteiger partial charge in [0.25, 0.3) is 0 Å². The first-order valence-electron chi connectivity index (χ1n) is 4.07. The van der Waals surface area contributed by atoms with Crippen molar-refractivity contribution in [3.05, 3.63) is 34.7 Å². The van der Waals surface area contributed by atoms with Crippen LogP contribution in [0.1, 0.15) is 20.7 Å². The van der Waals surface area contributed by atoms with Gasteiger partial charge >= 0.3 is 11.9 Å². The number of benzene rings is 1. The molecule has 0 aliphatic heterocycles. The second-order valence-electron chi connectivity index (χ2n) is 2.97. The summed E-state index contributed by atoms with van der Waals surface area (Å²) in [4.78, 5) is 21.5. The summed E-state index contributed by atoms with van der Waals surface area (Å²) in [6, 6.07) is 4.47. The molecule has 0 radical (unpaired) electrons. The average molecular weight is 222 g/mol. The first kappa shape index (κ1) is 9.67. The Hall–Kier alpha value is -1.88. The van der Waals surface area contributed by atoms with E-state index in [1.54, 1.807) is 6.07 Å². The number of thiophene rings is 1. The molecule has 1 aromatic carbocycles. The SMILES string of the molecule is O=C(O)c1ccc2scc(C(=O)O)c2c1. The van der Waals surface area contributed by atoms with Crippen LogP contribution in [0, 0.1) is 0 Å². The average Bonchev–Trinajstić information content (AvgIpc) is 2.59. The molecule has 0 aliphatic carbocycles. The van der Waals surface area contributed by atoms with Gasteiger partial charge in [-0.15, -0.1) is 11.3 Å². The zero-order valence-corrected chi connectivity index (χ0v) is 8.25. The zero-order chi connectivity index (χ0) is 11.0. The number of carbonyl (C=O) groups is 2. The van der Waals surface area contributed by atoms with E-state index >= 15 is 0 Å². The molecule has 1 aromatic heterocycles. The Bertz CT molecular complexity index is 556. The molecule has 15 heavy (non-hydrogen) atoms. The van der Waals surface area contributed by atoms with E-state index in [0.717, 1.165) is 4.70 Å². The summed E-state index contributed by atoms with van der Waals surface area (Å²) >= 11 is 1.29. The molecule has 0 atom stereocenters. The third kappa shape index (κ3) is 1.57. The fraction of sp³-hybridized carbons (Fsp3) is 0. The van der Waals surface area contributed by atoms with Crippen molar-refractivity contribution in [2.75, 3.05) is 0 Å². The molecule has 1 heterocycles. The Labute approximate surface area is 88.4 Å². The molecule has 0 amide bonds. The lowest BCUT2D eigenvalue weighted by Gasteiger charge is -1.95. The van der Waals surface area contributed by atoms with E-state index in [4.69, 9.17) is 10.2 Å². The van der Waals surface area contributed by atoms with Crippen molar-refractivity contribution < 1.29 is 19.8 Å². The standard InChI is InChI=1S/C10H6O4S/c11-9(12)5-1-2-8-6(3-5)7(4-15-8)10(13)14/h1-4H,(H,11,12)(H,13,14). The highest BCUT2D eigenvalue weighted by molar-refractivity contribution is 7.17. The van der Waals surface area contributed by atoms with Crippen LogP contribution in [0.2, 0.25) is 0 Å². The van der Waals surface area contributed by atoms with Gasteiger partial charge in [0.2, 0.25) is 0 Å². The van der Waals surface area contributed by atoms with Crippen LogP contribution in [-0.4, -0.2) is 22.2 Å². The largest absolute Gasteiger partial charge is 0.478 e. The zero-order valence-electron chi connectivity index (χ0n) is 7.43. The van der Waals surface area contributed by atoms with E-state index in [1.807, 2.05) is 0 Å². The fourth-order valence-electron chi connectivity index (χ4n) is 1.33. The van der Waals surface area contributed by atoms with Gasteiger partial charge in [0.05, 0.1) is 11.1 Å². The van der Waals surface area contributed by atoms with Gasteiger partial charge in [0.1, 0.15) is 0 Å². The van der Waals surface area contributed by atoms with Gasteiger partial charge in [0, 0.05) is 15.5 Å². The Morgan fingerprint density at radius 3 is 2.47 bits per heavy atom. The molecule has 76 valence electrons. The smallest absolute Gasteiger partial charge is 0.337 e. The van der Waals surface area contributed by atoms with Crippen molar-refractivity contribution in [2.24, 2.45) is 0 Å². The van der Waals surface area contributed by atoms with Gasteiger partial charge in [-0.2, -0.15) is 0 Å². The molecule has 0 unspecified atom stereocenters. The molecule has 0 aliphatic rings. The Morgan fingerprint density at radius 2 is 1.87 bits per heavy atom. The molecule has 2 aromatic rings. The number of fused-ring (bicyclic) bond motifs is 1. The summed E-state index contributed by atoms with van der Waals surface area (Å²) in [7, 11) is 0. The summed E-state index contributed by atoms with van der Waals surface area (Å²) in [6.07, 6.45) is 0. The Kier molecular flexibility index (Phi) is 2.17. The second-order valence-corrected chi connectivity index (χ2v) is 3.88. The Morgan fingerprint density at radius 1 is 1.13 bits per heavy atom. The molecular formula is C10H6O4S. The molecule has 2 rings (SSSR count). The quantitative estimate of drug-likeness (QED) is 0.817. The van der Waals surface area contributed by atoms with Crippen LogP contribution in [0.4, 0.5) is 0 Å². The minimum absolute atomic E-state index is 0.100. The maximum absolute atomic E-state index is 10.8. The van der Waals surface area contributed by atoms with Crippen LogP contribution in [-0.2, 0) is 0 Å². The summed E-state index contributed by atoms with van der Waals surface area (Å²) in [5, 5.41) is 19.6. The molecule has 0 saturated heterocycles. The lowest BCUT2D eigenvalue weighted by molar-refractivity contribution is 0.0685. The van der Waals surface area contributed by atoms with Crippen LogP contribution in [0.15, 0.2) is 23.6 Å². The topological polar surface area (TPSA) is 74.6 Å². The van der Waals surface area contributed by atoms with Crippen LogP contribution >= 0.6 is 11.3 Å². The maximum Gasteiger partial charge on any atom is 0.337 e. The normalized spacial score (nSPS) is 10.4. The van der Waals surface area contributed by atoms with Crippen molar-refractivity contribution in [3.8, 4) is 0 Å². The number of carboxylic acid groups (broad SMARTS) is 2. The molecule has 0 fully saturated rings. The third-order valence-corrected chi connectivity index (χ3v) is 3.01. The van der Waals surface area contributed by atoms with Gasteiger partial charge in [-0.05, 0) is 18.2 Å². The summed E-state index contributed by atoms with van der Waals surface area (Å²) < 4.78 is 0.775. The van der Waals surface area contributed by atoms with E-state index < -0.39 is 11.9 Å². The van der Waals surface area contributed by atoms with E-state index in [2.05, 4.69) is 0 Å². The van der Waals surface area contributed by atoms with Gasteiger partial charge < -0.3 is 10.2 Å². The van der Waals surface area contributed by atoms with E-state index in [9.17, 15) is 9.59 Å². The van der Waals surface area contributed by atoms with Crippen LogP contribution in [0.3, 0.4) is 0 Å². The third-order valence-electron chi connectivity index (χ3n) is 2.05. The van der Waals surface area contributed by atoms with E-state index in [-0.39, 0.29) is 11.1 Å². The van der Waals surface area contributed by atoms with Crippen LogP contribution < -0.4 is 0 Å². The fourth-order valence-corrected chi connectivity index (χ4v) is 2.24. The summed E-state index contributed by atoms with van der Waals surface area (Å²) in [5.41, 5.74) is 0.251. The minimum Gasteiger partial charge on any atom is -0.478 e. The summed E-state index contributed by atoms with van der Waals surface area (Å²) in [5.74, 6) is -2.09. The molecule has 0 saturated carbocycles. The maximum atomic E-state index is 10.8. The number of hydrogen-bond donors (Lipinski definition) is 2. The highest BCUT2D eigenvalue weighted by atomic mass is 32.1. The number of hydrogen-bond acceptors (Lipinski definition) is 3. The predicted molar refractivity (Wildman–Crippen MR) is 55.7 cm³/mol. The van der Waals surface area contributed by atoms with Crippen molar-refractivity contribution in [2.45, 2.75) is 0 Å².